The number of nitrogens with two attached hydrogens (primary N) is 1. The summed E-state index contributed by atoms with van der Waals surface area (Å²) in [5.41, 5.74) is 0. The summed E-state index contributed by atoms with van der Waals surface area (Å²) in [5.74, 6) is -0.669. The first-order chi connectivity index (χ1) is 8.27. The number of hydrogen-bond donors (Lipinski definition) is 2. The Labute approximate surface area is 108 Å². The molecular formula is C13H26NO2Si+. The molecule has 0 rings (SSSR count). The van der Waals surface area contributed by atoms with Gasteiger partial charge in [0, 0.05) is 6.42 Å². The summed E-state index contributed by atoms with van der Waals surface area (Å²) in [4.78, 5) is 10.3. The van der Waals surface area contributed by atoms with E-state index >= 15 is 0 Å². The number of hydrogen-bond acceptors (Lipinski definition) is 2. The second kappa shape index (κ2) is 13.6. The zero-order chi connectivity index (χ0) is 12.8. The minimum atomic E-state index is -0.669. The maximum absolute atomic E-state index is 10.3. The van der Waals surface area contributed by atoms with Crippen molar-refractivity contribution in [3.8, 4) is 0 Å². The van der Waals surface area contributed by atoms with Gasteiger partial charge in [-0.1, -0.05) is 19.3 Å². The molecule has 0 spiro atoms. The highest BCUT2D eigenvalue weighted by atomic mass is 28.2. The SMILES string of the molecule is N[Si]CCC[CH+]CCCCCCCCC(=O)O. The molecule has 3 nitrogen and oxygen atoms in total. The number of aliphatic carboxylic acids is 1. The fourth-order valence-corrected chi connectivity index (χ4v) is 2.17. The standard InChI is InChI=1S/C13H25NO2Si/c14-17-12-10-8-6-4-2-1-3-5-7-9-11-13(15)16/h6H,1-5,7-12,14H2/p+1. The normalized spacial score (nSPS) is 10.4. The van der Waals surface area contributed by atoms with Gasteiger partial charge >= 0.3 is 5.97 Å². The van der Waals surface area contributed by atoms with Crippen LogP contribution in [0.25, 0.3) is 0 Å². The molecule has 0 aromatic rings. The van der Waals surface area contributed by atoms with Crippen LogP contribution in [0.4, 0.5) is 0 Å². The van der Waals surface area contributed by atoms with Crippen LogP contribution in [0.5, 0.6) is 0 Å². The van der Waals surface area contributed by atoms with Gasteiger partial charge in [-0.3, -0.25) is 4.79 Å². The maximum atomic E-state index is 10.3. The zero-order valence-electron chi connectivity index (χ0n) is 10.8. The number of unbranched alkanes of at least 4 members (excludes halogenated alkanes) is 9. The highest BCUT2D eigenvalue weighted by molar-refractivity contribution is 6.30. The minimum absolute atomic E-state index is 0.329. The van der Waals surface area contributed by atoms with Crippen molar-refractivity contribution >= 4 is 15.7 Å². The maximum Gasteiger partial charge on any atom is 0.303 e. The molecule has 0 aliphatic heterocycles. The van der Waals surface area contributed by atoms with Crippen molar-refractivity contribution in [1.29, 1.82) is 0 Å². The van der Waals surface area contributed by atoms with Crippen molar-refractivity contribution in [3.63, 3.8) is 0 Å². The van der Waals surface area contributed by atoms with Crippen molar-refractivity contribution in [1.82, 2.24) is 0 Å². The fraction of sp³-hybridized carbons (Fsp3) is 0.846. The molecule has 0 saturated carbocycles. The molecule has 0 aliphatic carbocycles. The van der Waals surface area contributed by atoms with Crippen LogP contribution >= 0.6 is 0 Å². The Hall–Kier alpha value is -0.483. The van der Waals surface area contributed by atoms with Gasteiger partial charge < -0.3 is 10.5 Å². The first-order valence-corrected chi connectivity index (χ1v) is 8.02. The highest BCUT2D eigenvalue weighted by Crippen LogP contribution is 2.11. The largest absolute Gasteiger partial charge is 0.481 e. The van der Waals surface area contributed by atoms with Crippen molar-refractivity contribution < 1.29 is 9.90 Å². The van der Waals surface area contributed by atoms with Crippen LogP contribution in [0.15, 0.2) is 0 Å². The van der Waals surface area contributed by atoms with Gasteiger partial charge in [-0.25, -0.2) is 0 Å². The lowest BCUT2D eigenvalue weighted by molar-refractivity contribution is -0.137. The fourth-order valence-electron chi connectivity index (χ4n) is 1.76. The second-order valence-corrected chi connectivity index (χ2v) is 5.35. The van der Waals surface area contributed by atoms with Crippen molar-refractivity contribution in [2.24, 2.45) is 5.40 Å². The monoisotopic (exact) mass is 256 g/mol. The van der Waals surface area contributed by atoms with E-state index < -0.39 is 5.97 Å². The predicted molar refractivity (Wildman–Crippen MR) is 72.9 cm³/mol. The van der Waals surface area contributed by atoms with Gasteiger partial charge in [-0.05, 0) is 31.7 Å². The molecule has 98 valence electrons. The average Bonchev–Trinajstić information content (AvgIpc) is 2.30. The summed E-state index contributed by atoms with van der Waals surface area (Å²) in [6, 6.07) is 1.17. The first kappa shape index (κ1) is 16.5. The molecule has 0 aromatic carbocycles. The van der Waals surface area contributed by atoms with E-state index in [1.54, 1.807) is 0 Å². The zero-order valence-corrected chi connectivity index (χ0v) is 11.8. The van der Waals surface area contributed by atoms with E-state index in [1.807, 2.05) is 0 Å². The van der Waals surface area contributed by atoms with Gasteiger partial charge in [-0.2, -0.15) is 0 Å². The number of rotatable bonds is 13. The van der Waals surface area contributed by atoms with E-state index in [2.05, 4.69) is 6.42 Å². The quantitative estimate of drug-likeness (QED) is 0.302. The molecule has 0 amide bonds. The highest BCUT2D eigenvalue weighted by Gasteiger charge is 2.00. The summed E-state index contributed by atoms with van der Waals surface area (Å²) in [6.45, 7) is 0. The van der Waals surface area contributed by atoms with Crippen LogP contribution in [0.2, 0.25) is 6.04 Å². The Morgan fingerprint density at radius 2 is 1.59 bits per heavy atom. The third-order valence-corrected chi connectivity index (χ3v) is 3.42. The summed E-state index contributed by atoms with van der Waals surface area (Å²) in [7, 11) is 0.606. The molecule has 0 aromatic heterocycles. The number of carboxylic acids is 1. The van der Waals surface area contributed by atoms with E-state index in [-0.39, 0.29) is 0 Å². The Balaban J connectivity index is 2.91. The number of carbonyl (C=O) groups is 1. The van der Waals surface area contributed by atoms with E-state index in [4.69, 9.17) is 10.5 Å². The molecule has 17 heavy (non-hydrogen) atoms. The van der Waals surface area contributed by atoms with E-state index in [9.17, 15) is 4.79 Å². The Morgan fingerprint density at radius 1 is 1.00 bits per heavy atom. The van der Waals surface area contributed by atoms with Gasteiger partial charge in [0.05, 0.1) is 19.3 Å². The molecule has 2 radical (unpaired) electrons. The lowest BCUT2D eigenvalue weighted by Gasteiger charge is -1.98. The number of carboxylic acid groups (broad SMARTS) is 1. The van der Waals surface area contributed by atoms with Gasteiger partial charge in [0.15, 0.2) is 0 Å². The molecule has 0 saturated heterocycles. The van der Waals surface area contributed by atoms with Crippen molar-refractivity contribution in [2.75, 3.05) is 0 Å². The van der Waals surface area contributed by atoms with E-state index in [0.29, 0.717) is 16.1 Å². The molecule has 0 unspecified atom stereocenters. The molecule has 0 aliphatic rings. The average molecular weight is 256 g/mol. The third kappa shape index (κ3) is 15.5. The van der Waals surface area contributed by atoms with Gasteiger partial charge in [0.25, 0.3) is 0 Å². The van der Waals surface area contributed by atoms with E-state index in [0.717, 1.165) is 12.8 Å². The topological polar surface area (TPSA) is 63.3 Å². The minimum Gasteiger partial charge on any atom is -0.481 e. The predicted octanol–water partition coefficient (Wildman–Crippen LogP) is 3.17. The molecular weight excluding hydrogens is 230 g/mol. The summed E-state index contributed by atoms with van der Waals surface area (Å²) in [5, 5.41) is 13.9. The summed E-state index contributed by atoms with van der Waals surface area (Å²) >= 11 is 0. The molecule has 0 heterocycles. The lowest BCUT2D eigenvalue weighted by atomic mass is 10.1. The molecule has 0 bridgehead atoms. The molecule has 0 atom stereocenters. The smallest absolute Gasteiger partial charge is 0.303 e. The third-order valence-electron chi connectivity index (χ3n) is 2.78. The van der Waals surface area contributed by atoms with Crippen LogP contribution in [-0.2, 0) is 4.79 Å². The Kier molecular flexibility index (Phi) is 13.2. The van der Waals surface area contributed by atoms with Crippen molar-refractivity contribution in [3.05, 3.63) is 6.42 Å². The first-order valence-electron chi connectivity index (χ1n) is 6.74. The summed E-state index contributed by atoms with van der Waals surface area (Å²) < 4.78 is 0. The molecule has 0 fully saturated rings. The lowest BCUT2D eigenvalue weighted by Crippen LogP contribution is -2.02. The van der Waals surface area contributed by atoms with Crippen LogP contribution in [0.1, 0.15) is 64.2 Å². The van der Waals surface area contributed by atoms with Gasteiger partial charge in [0.2, 0.25) is 0 Å². The molecule has 3 N–H and O–H groups in total. The van der Waals surface area contributed by atoms with Gasteiger partial charge in [0.1, 0.15) is 9.68 Å². The van der Waals surface area contributed by atoms with Crippen molar-refractivity contribution in [2.45, 2.75) is 70.3 Å². The van der Waals surface area contributed by atoms with Crippen LogP contribution < -0.4 is 5.40 Å². The van der Waals surface area contributed by atoms with Crippen LogP contribution in [0.3, 0.4) is 0 Å². The van der Waals surface area contributed by atoms with Crippen LogP contribution in [0, 0.1) is 6.42 Å². The van der Waals surface area contributed by atoms with Crippen LogP contribution in [-0.4, -0.2) is 20.8 Å². The van der Waals surface area contributed by atoms with E-state index in [1.165, 1.54) is 51.0 Å². The second-order valence-electron chi connectivity index (χ2n) is 4.44. The van der Waals surface area contributed by atoms with Gasteiger partial charge in [-0.15, -0.1) is 0 Å². The Morgan fingerprint density at radius 3 is 2.24 bits per heavy atom. The Bertz CT molecular complexity index is 177. The summed E-state index contributed by atoms with van der Waals surface area (Å²) in [6.07, 6.45) is 13.3. The molecule has 4 heteroatoms.